The molecule has 0 aliphatic heterocycles. The minimum absolute atomic E-state index is 0.152. The second-order valence-corrected chi connectivity index (χ2v) is 7.44. The first kappa shape index (κ1) is 21.3. The van der Waals surface area contributed by atoms with Crippen LogP contribution in [0.5, 0.6) is 5.75 Å². The molecule has 0 spiro atoms. The third-order valence-corrected chi connectivity index (χ3v) is 4.98. The summed E-state index contributed by atoms with van der Waals surface area (Å²) in [5.74, 6) is 0.224. The molecule has 6 nitrogen and oxygen atoms in total. The summed E-state index contributed by atoms with van der Waals surface area (Å²) in [7, 11) is 0. The molecule has 2 aromatic carbocycles. The number of aryl methyl sites for hydroxylation is 1. The van der Waals surface area contributed by atoms with Gasteiger partial charge in [0.1, 0.15) is 5.75 Å². The molecule has 0 radical (unpaired) electrons. The maximum Gasteiger partial charge on any atom is 0.237 e. The van der Waals surface area contributed by atoms with Crippen molar-refractivity contribution in [3.63, 3.8) is 0 Å². The van der Waals surface area contributed by atoms with Crippen molar-refractivity contribution < 1.29 is 14.3 Å². The van der Waals surface area contributed by atoms with Crippen LogP contribution in [-0.4, -0.2) is 29.4 Å². The first-order valence-corrected chi connectivity index (χ1v) is 9.93. The summed E-state index contributed by atoms with van der Waals surface area (Å²) in [6.07, 6.45) is 0. The number of nitrogens with zero attached hydrogens (tertiary/aromatic N) is 1. The van der Waals surface area contributed by atoms with Gasteiger partial charge in [-0.15, -0.1) is 11.8 Å². The van der Waals surface area contributed by atoms with Gasteiger partial charge in [-0.1, -0.05) is 17.7 Å². The SMILES string of the molecule is CCOc1ccc(C#N)cc1NC(=O)C(C)SCC(=O)Nc1ccc(C)cc1. The normalized spacial score (nSPS) is 11.2. The average molecular weight is 398 g/mol. The summed E-state index contributed by atoms with van der Waals surface area (Å²) in [5, 5.41) is 14.2. The van der Waals surface area contributed by atoms with Crippen LogP contribution in [0.15, 0.2) is 42.5 Å². The van der Waals surface area contributed by atoms with Crippen molar-refractivity contribution >= 4 is 35.0 Å². The molecule has 28 heavy (non-hydrogen) atoms. The van der Waals surface area contributed by atoms with E-state index in [1.54, 1.807) is 25.1 Å². The third kappa shape index (κ3) is 6.32. The molecule has 0 saturated carbocycles. The van der Waals surface area contributed by atoms with Crippen molar-refractivity contribution in [3.05, 3.63) is 53.6 Å². The minimum atomic E-state index is -0.455. The van der Waals surface area contributed by atoms with Gasteiger partial charge in [0.25, 0.3) is 0 Å². The molecular formula is C21H23N3O3S. The largest absolute Gasteiger partial charge is 0.492 e. The molecule has 0 heterocycles. The summed E-state index contributed by atoms with van der Waals surface area (Å²) < 4.78 is 5.50. The van der Waals surface area contributed by atoms with Crippen LogP contribution in [0, 0.1) is 18.3 Å². The highest BCUT2D eigenvalue weighted by Crippen LogP contribution is 2.27. The lowest BCUT2D eigenvalue weighted by molar-refractivity contribution is -0.115. The van der Waals surface area contributed by atoms with Gasteiger partial charge in [0.2, 0.25) is 11.8 Å². The summed E-state index contributed by atoms with van der Waals surface area (Å²) in [6, 6.07) is 14.4. The lowest BCUT2D eigenvalue weighted by atomic mass is 10.2. The fourth-order valence-electron chi connectivity index (χ4n) is 2.32. The van der Waals surface area contributed by atoms with Gasteiger partial charge >= 0.3 is 0 Å². The number of carbonyl (C=O) groups excluding carboxylic acids is 2. The lowest BCUT2D eigenvalue weighted by Crippen LogP contribution is -2.25. The van der Waals surface area contributed by atoms with E-state index in [0.29, 0.717) is 23.6 Å². The number of benzene rings is 2. The highest BCUT2D eigenvalue weighted by molar-refractivity contribution is 8.01. The zero-order chi connectivity index (χ0) is 20.5. The topological polar surface area (TPSA) is 91.2 Å². The molecule has 0 bridgehead atoms. The number of carbonyl (C=O) groups is 2. The van der Waals surface area contributed by atoms with Crippen molar-refractivity contribution in [1.82, 2.24) is 0 Å². The van der Waals surface area contributed by atoms with E-state index in [4.69, 9.17) is 10.00 Å². The van der Waals surface area contributed by atoms with Crippen molar-refractivity contribution in [2.24, 2.45) is 0 Å². The standard InChI is InChI=1S/C21H23N3O3S/c1-4-27-19-10-7-16(12-22)11-18(19)24-21(26)15(3)28-13-20(25)23-17-8-5-14(2)6-9-17/h5-11,15H,4,13H2,1-3H3,(H,23,25)(H,24,26). The Labute approximate surface area is 169 Å². The van der Waals surface area contributed by atoms with Gasteiger partial charge < -0.3 is 15.4 Å². The first-order chi connectivity index (χ1) is 13.4. The Morgan fingerprint density at radius 2 is 1.89 bits per heavy atom. The van der Waals surface area contributed by atoms with E-state index in [0.717, 1.165) is 11.3 Å². The number of anilines is 2. The van der Waals surface area contributed by atoms with Crippen LogP contribution in [0.25, 0.3) is 0 Å². The van der Waals surface area contributed by atoms with Crippen molar-refractivity contribution in [1.29, 1.82) is 5.26 Å². The number of thioether (sulfide) groups is 1. The molecule has 0 aliphatic rings. The molecule has 7 heteroatoms. The van der Waals surface area contributed by atoms with Crippen molar-refractivity contribution in [2.75, 3.05) is 23.0 Å². The second kappa shape index (κ2) is 10.4. The number of ether oxygens (including phenoxy) is 1. The fourth-order valence-corrected chi connectivity index (χ4v) is 3.01. The van der Waals surface area contributed by atoms with Gasteiger partial charge in [-0.3, -0.25) is 9.59 Å². The molecule has 2 amide bonds. The zero-order valence-electron chi connectivity index (χ0n) is 16.1. The third-order valence-electron chi connectivity index (χ3n) is 3.84. The Bertz CT molecular complexity index is 875. The molecule has 0 aliphatic carbocycles. The van der Waals surface area contributed by atoms with Crippen molar-refractivity contribution in [2.45, 2.75) is 26.0 Å². The van der Waals surface area contributed by atoms with Crippen LogP contribution in [0.3, 0.4) is 0 Å². The number of hydrogen-bond donors (Lipinski definition) is 2. The lowest BCUT2D eigenvalue weighted by Gasteiger charge is -2.15. The number of nitriles is 1. The fraction of sp³-hybridized carbons (Fsp3) is 0.286. The Morgan fingerprint density at radius 1 is 1.18 bits per heavy atom. The Morgan fingerprint density at radius 3 is 2.54 bits per heavy atom. The molecule has 2 N–H and O–H groups in total. The summed E-state index contributed by atoms with van der Waals surface area (Å²) in [5.41, 5.74) is 2.71. The Balaban J connectivity index is 1.91. The van der Waals surface area contributed by atoms with E-state index in [1.165, 1.54) is 11.8 Å². The van der Waals surface area contributed by atoms with Gasteiger partial charge in [0.15, 0.2) is 0 Å². The van der Waals surface area contributed by atoms with E-state index in [9.17, 15) is 9.59 Å². The number of hydrogen-bond acceptors (Lipinski definition) is 5. The van der Waals surface area contributed by atoms with Gasteiger partial charge in [0, 0.05) is 5.69 Å². The van der Waals surface area contributed by atoms with Crippen LogP contribution >= 0.6 is 11.8 Å². The summed E-state index contributed by atoms with van der Waals surface area (Å²) >= 11 is 1.23. The molecule has 0 fully saturated rings. The number of rotatable bonds is 8. The van der Waals surface area contributed by atoms with E-state index in [1.807, 2.05) is 44.2 Å². The molecule has 2 rings (SSSR count). The van der Waals surface area contributed by atoms with Crippen LogP contribution in [-0.2, 0) is 9.59 Å². The Hall–Kier alpha value is -2.98. The predicted molar refractivity (Wildman–Crippen MR) is 113 cm³/mol. The van der Waals surface area contributed by atoms with E-state index in [-0.39, 0.29) is 17.6 Å². The number of amides is 2. The van der Waals surface area contributed by atoms with Gasteiger partial charge in [-0.05, 0) is 51.1 Å². The minimum Gasteiger partial charge on any atom is -0.492 e. The zero-order valence-corrected chi connectivity index (χ0v) is 16.9. The van der Waals surface area contributed by atoms with Gasteiger partial charge in [-0.25, -0.2) is 0 Å². The van der Waals surface area contributed by atoms with Gasteiger partial charge in [-0.2, -0.15) is 5.26 Å². The molecule has 1 atom stereocenters. The average Bonchev–Trinajstić information content (AvgIpc) is 2.69. The highest BCUT2D eigenvalue weighted by Gasteiger charge is 2.17. The molecule has 1 unspecified atom stereocenters. The molecular weight excluding hydrogens is 374 g/mol. The quantitative estimate of drug-likeness (QED) is 0.703. The molecule has 0 aromatic heterocycles. The van der Waals surface area contributed by atoms with Crippen LogP contribution in [0.2, 0.25) is 0 Å². The smallest absolute Gasteiger partial charge is 0.237 e. The monoisotopic (exact) mass is 397 g/mol. The second-order valence-electron chi connectivity index (χ2n) is 6.11. The van der Waals surface area contributed by atoms with E-state index < -0.39 is 5.25 Å². The number of nitrogens with one attached hydrogen (secondary N) is 2. The van der Waals surface area contributed by atoms with E-state index >= 15 is 0 Å². The van der Waals surface area contributed by atoms with Gasteiger partial charge in [0.05, 0.1) is 34.9 Å². The van der Waals surface area contributed by atoms with E-state index in [2.05, 4.69) is 10.6 Å². The van der Waals surface area contributed by atoms with Crippen molar-refractivity contribution in [3.8, 4) is 11.8 Å². The maximum atomic E-state index is 12.5. The first-order valence-electron chi connectivity index (χ1n) is 8.89. The molecule has 2 aromatic rings. The predicted octanol–water partition coefficient (Wildman–Crippen LogP) is 3.96. The maximum absolute atomic E-state index is 12.5. The summed E-state index contributed by atoms with van der Waals surface area (Å²) in [6.45, 7) is 5.99. The Kier molecular flexibility index (Phi) is 7.90. The molecule has 0 saturated heterocycles. The molecule has 146 valence electrons. The van der Waals surface area contributed by atoms with Crippen LogP contribution in [0.4, 0.5) is 11.4 Å². The summed E-state index contributed by atoms with van der Waals surface area (Å²) in [4.78, 5) is 24.6. The van der Waals surface area contributed by atoms with Crippen LogP contribution in [0.1, 0.15) is 25.0 Å². The van der Waals surface area contributed by atoms with Crippen LogP contribution < -0.4 is 15.4 Å². The highest BCUT2D eigenvalue weighted by atomic mass is 32.2.